The van der Waals surface area contributed by atoms with Crippen LogP contribution in [0, 0.1) is 0 Å². The molecule has 0 rings (SSSR count). The van der Waals surface area contributed by atoms with Crippen LogP contribution in [0.15, 0.2) is 0 Å². The lowest BCUT2D eigenvalue weighted by Gasteiger charge is -2.14. The molecule has 1 unspecified atom stereocenters. The third-order valence-corrected chi connectivity index (χ3v) is 1.61. The number of hydrogen-bond donors (Lipinski definition) is 2. The summed E-state index contributed by atoms with van der Waals surface area (Å²) in [6.45, 7) is 4.41. The first-order chi connectivity index (χ1) is 5.16. The van der Waals surface area contributed by atoms with Gasteiger partial charge in [0.2, 0.25) is 0 Å². The molecule has 0 radical (unpaired) electrons. The van der Waals surface area contributed by atoms with E-state index in [4.69, 9.17) is 5.11 Å². The summed E-state index contributed by atoms with van der Waals surface area (Å²) in [5.74, 6) is 0. The molecule has 0 bridgehead atoms. The summed E-state index contributed by atoms with van der Waals surface area (Å²) in [5, 5.41) is 11.9. The minimum atomic E-state index is 0.274. The first-order valence-electron chi connectivity index (χ1n) is 4.15. The SMILES string of the molecule is CC(CCO)NCCN(C)C. The molecule has 3 nitrogen and oxygen atoms in total. The quantitative estimate of drug-likeness (QED) is 0.570. The second-order valence-corrected chi connectivity index (χ2v) is 3.17. The lowest BCUT2D eigenvalue weighted by atomic mass is 10.2. The third-order valence-electron chi connectivity index (χ3n) is 1.61. The number of aliphatic hydroxyl groups excluding tert-OH is 1. The number of rotatable bonds is 6. The molecular weight excluding hydrogens is 140 g/mol. The van der Waals surface area contributed by atoms with Crippen molar-refractivity contribution in [3.05, 3.63) is 0 Å². The molecule has 0 spiro atoms. The molecule has 3 heteroatoms. The normalized spacial score (nSPS) is 13.9. The maximum absolute atomic E-state index is 8.59. The van der Waals surface area contributed by atoms with Crippen molar-refractivity contribution in [3.8, 4) is 0 Å². The van der Waals surface area contributed by atoms with Gasteiger partial charge in [-0.3, -0.25) is 0 Å². The fourth-order valence-corrected chi connectivity index (χ4v) is 0.830. The van der Waals surface area contributed by atoms with Gasteiger partial charge in [-0.25, -0.2) is 0 Å². The summed E-state index contributed by atoms with van der Waals surface area (Å²) in [7, 11) is 4.11. The van der Waals surface area contributed by atoms with Gasteiger partial charge in [0.25, 0.3) is 0 Å². The summed E-state index contributed by atoms with van der Waals surface area (Å²) >= 11 is 0. The van der Waals surface area contributed by atoms with Gasteiger partial charge < -0.3 is 15.3 Å². The summed E-state index contributed by atoms with van der Waals surface area (Å²) in [5.41, 5.74) is 0. The largest absolute Gasteiger partial charge is 0.396 e. The number of nitrogens with one attached hydrogen (secondary N) is 1. The van der Waals surface area contributed by atoms with Crippen molar-refractivity contribution in [1.82, 2.24) is 10.2 Å². The van der Waals surface area contributed by atoms with E-state index in [1.54, 1.807) is 0 Å². The summed E-state index contributed by atoms with van der Waals surface area (Å²) in [4.78, 5) is 2.14. The van der Waals surface area contributed by atoms with Gasteiger partial charge in [-0.05, 0) is 27.4 Å². The van der Waals surface area contributed by atoms with E-state index in [-0.39, 0.29) is 6.61 Å². The Morgan fingerprint density at radius 1 is 1.45 bits per heavy atom. The van der Waals surface area contributed by atoms with Crippen LogP contribution >= 0.6 is 0 Å². The zero-order valence-corrected chi connectivity index (χ0v) is 7.80. The Morgan fingerprint density at radius 3 is 2.55 bits per heavy atom. The zero-order valence-electron chi connectivity index (χ0n) is 7.80. The number of nitrogens with zero attached hydrogens (tertiary/aromatic N) is 1. The van der Waals surface area contributed by atoms with Crippen molar-refractivity contribution in [3.63, 3.8) is 0 Å². The Labute approximate surface area is 69.4 Å². The van der Waals surface area contributed by atoms with Crippen LogP contribution in [0.1, 0.15) is 13.3 Å². The van der Waals surface area contributed by atoms with E-state index in [2.05, 4.69) is 31.2 Å². The standard InChI is InChI=1S/C8H20N2O/c1-8(4-7-11)9-5-6-10(2)3/h8-9,11H,4-7H2,1-3H3. The maximum atomic E-state index is 8.59. The van der Waals surface area contributed by atoms with Gasteiger partial charge in [-0.1, -0.05) is 0 Å². The monoisotopic (exact) mass is 160 g/mol. The molecular formula is C8H20N2O. The fraction of sp³-hybridized carbons (Fsp3) is 1.00. The lowest BCUT2D eigenvalue weighted by molar-refractivity contribution is 0.266. The van der Waals surface area contributed by atoms with Crippen molar-refractivity contribution >= 4 is 0 Å². The number of aliphatic hydroxyl groups is 1. The Balaban J connectivity index is 3.10. The second-order valence-electron chi connectivity index (χ2n) is 3.17. The molecule has 11 heavy (non-hydrogen) atoms. The average Bonchev–Trinajstić information content (AvgIpc) is 1.87. The molecule has 0 saturated carbocycles. The minimum Gasteiger partial charge on any atom is -0.396 e. The highest BCUT2D eigenvalue weighted by Gasteiger charge is 1.98. The van der Waals surface area contributed by atoms with Gasteiger partial charge in [0, 0.05) is 25.7 Å². The van der Waals surface area contributed by atoms with Crippen LogP contribution in [-0.2, 0) is 0 Å². The predicted octanol–water partition coefficient (Wildman–Crippen LogP) is -0.0915. The van der Waals surface area contributed by atoms with E-state index >= 15 is 0 Å². The van der Waals surface area contributed by atoms with Crippen LogP contribution in [0.2, 0.25) is 0 Å². The summed E-state index contributed by atoms with van der Waals surface area (Å²) in [6.07, 6.45) is 0.841. The first kappa shape index (κ1) is 10.9. The van der Waals surface area contributed by atoms with E-state index in [1.165, 1.54) is 0 Å². The summed E-state index contributed by atoms with van der Waals surface area (Å²) in [6, 6.07) is 0.431. The Hall–Kier alpha value is -0.120. The van der Waals surface area contributed by atoms with Crippen molar-refractivity contribution in [1.29, 1.82) is 0 Å². The molecule has 0 aliphatic carbocycles. The molecule has 0 heterocycles. The fourth-order valence-electron chi connectivity index (χ4n) is 0.830. The molecule has 0 amide bonds. The van der Waals surface area contributed by atoms with Crippen LogP contribution in [0.5, 0.6) is 0 Å². The zero-order chi connectivity index (χ0) is 8.69. The van der Waals surface area contributed by atoms with E-state index in [9.17, 15) is 0 Å². The molecule has 0 aromatic heterocycles. The Morgan fingerprint density at radius 2 is 2.09 bits per heavy atom. The van der Waals surface area contributed by atoms with Crippen LogP contribution in [0.3, 0.4) is 0 Å². The molecule has 0 fully saturated rings. The van der Waals surface area contributed by atoms with E-state index in [0.29, 0.717) is 6.04 Å². The van der Waals surface area contributed by atoms with Gasteiger partial charge >= 0.3 is 0 Å². The molecule has 0 aromatic carbocycles. The summed E-state index contributed by atoms with van der Waals surface area (Å²) < 4.78 is 0. The molecule has 1 atom stereocenters. The highest BCUT2D eigenvalue weighted by molar-refractivity contribution is 4.60. The van der Waals surface area contributed by atoms with Crippen molar-refractivity contribution < 1.29 is 5.11 Å². The maximum Gasteiger partial charge on any atom is 0.0445 e. The number of likely N-dealkylation sites (N-methyl/N-ethyl adjacent to an activating group) is 1. The van der Waals surface area contributed by atoms with Gasteiger partial charge in [0.05, 0.1) is 0 Å². The van der Waals surface area contributed by atoms with Gasteiger partial charge in [-0.15, -0.1) is 0 Å². The van der Waals surface area contributed by atoms with Crippen molar-refractivity contribution in [2.24, 2.45) is 0 Å². The van der Waals surface area contributed by atoms with Gasteiger partial charge in [0.15, 0.2) is 0 Å². The van der Waals surface area contributed by atoms with Crippen LogP contribution in [-0.4, -0.2) is 49.8 Å². The third kappa shape index (κ3) is 7.78. The minimum absolute atomic E-state index is 0.274. The topological polar surface area (TPSA) is 35.5 Å². The lowest BCUT2D eigenvalue weighted by Crippen LogP contribution is -2.33. The Bertz CT molecular complexity index is 86.2. The molecule has 0 aromatic rings. The van der Waals surface area contributed by atoms with Gasteiger partial charge in [0.1, 0.15) is 0 Å². The van der Waals surface area contributed by atoms with Crippen LogP contribution in [0.25, 0.3) is 0 Å². The predicted molar refractivity (Wildman–Crippen MR) is 47.7 cm³/mol. The molecule has 0 aliphatic heterocycles. The Kier molecular flexibility index (Phi) is 6.51. The molecule has 0 saturated heterocycles. The highest BCUT2D eigenvalue weighted by Crippen LogP contribution is 1.87. The van der Waals surface area contributed by atoms with Crippen molar-refractivity contribution in [2.75, 3.05) is 33.8 Å². The van der Waals surface area contributed by atoms with E-state index < -0.39 is 0 Å². The van der Waals surface area contributed by atoms with Crippen LogP contribution < -0.4 is 5.32 Å². The smallest absolute Gasteiger partial charge is 0.0445 e. The molecule has 0 aliphatic rings. The van der Waals surface area contributed by atoms with Crippen LogP contribution in [0.4, 0.5) is 0 Å². The first-order valence-corrected chi connectivity index (χ1v) is 4.15. The number of hydrogen-bond acceptors (Lipinski definition) is 3. The average molecular weight is 160 g/mol. The molecule has 68 valence electrons. The highest BCUT2D eigenvalue weighted by atomic mass is 16.3. The van der Waals surface area contributed by atoms with Gasteiger partial charge in [-0.2, -0.15) is 0 Å². The van der Waals surface area contributed by atoms with E-state index in [1.807, 2.05) is 0 Å². The molecule has 2 N–H and O–H groups in total. The van der Waals surface area contributed by atoms with E-state index in [0.717, 1.165) is 19.5 Å². The van der Waals surface area contributed by atoms with Crippen molar-refractivity contribution in [2.45, 2.75) is 19.4 Å². The second kappa shape index (κ2) is 6.58.